The smallest absolute Gasteiger partial charge is 0.119 e. The van der Waals surface area contributed by atoms with E-state index >= 15 is 0 Å². The predicted octanol–water partition coefficient (Wildman–Crippen LogP) is 4.10. The molecule has 4 heteroatoms. The standard InChI is InChI=1S/C17H17BrN2O/c1-20(12-14-4-3-5-16(9-14)21-2)17-7-6-13(10-18)8-15(17)11-19/h3-9H,10,12H2,1-2H3. The number of nitrogens with zero attached hydrogens (tertiary/aromatic N) is 2. The molecule has 0 heterocycles. The molecule has 0 aromatic heterocycles. The number of nitriles is 1. The monoisotopic (exact) mass is 344 g/mol. The van der Waals surface area contributed by atoms with Gasteiger partial charge in [0.1, 0.15) is 11.8 Å². The average Bonchev–Trinajstić information content (AvgIpc) is 2.54. The molecule has 0 unspecified atom stereocenters. The summed E-state index contributed by atoms with van der Waals surface area (Å²) in [4.78, 5) is 2.07. The van der Waals surface area contributed by atoms with E-state index in [4.69, 9.17) is 4.74 Å². The Labute approximate surface area is 133 Å². The Hall–Kier alpha value is -1.99. The molecule has 0 spiro atoms. The van der Waals surface area contributed by atoms with Gasteiger partial charge < -0.3 is 9.64 Å². The lowest BCUT2D eigenvalue weighted by molar-refractivity contribution is 0.414. The van der Waals surface area contributed by atoms with Crippen LogP contribution in [-0.2, 0) is 11.9 Å². The fourth-order valence-electron chi connectivity index (χ4n) is 2.22. The highest BCUT2D eigenvalue weighted by molar-refractivity contribution is 9.08. The molecule has 0 radical (unpaired) electrons. The Morgan fingerprint density at radius 2 is 2.00 bits per heavy atom. The van der Waals surface area contributed by atoms with Crippen LogP contribution < -0.4 is 9.64 Å². The van der Waals surface area contributed by atoms with Crippen molar-refractivity contribution in [1.29, 1.82) is 5.26 Å². The maximum Gasteiger partial charge on any atom is 0.119 e. The number of alkyl halides is 1. The number of rotatable bonds is 5. The minimum Gasteiger partial charge on any atom is -0.497 e. The SMILES string of the molecule is COc1cccc(CN(C)c2ccc(CBr)cc2C#N)c1. The van der Waals surface area contributed by atoms with Crippen molar-refractivity contribution >= 4 is 21.6 Å². The molecular weight excluding hydrogens is 328 g/mol. The highest BCUT2D eigenvalue weighted by atomic mass is 79.9. The Kier molecular flexibility index (Phi) is 5.24. The molecule has 2 rings (SSSR count). The van der Waals surface area contributed by atoms with E-state index in [1.807, 2.05) is 43.4 Å². The van der Waals surface area contributed by atoms with Crippen LogP contribution in [0.5, 0.6) is 5.75 Å². The molecule has 2 aromatic carbocycles. The van der Waals surface area contributed by atoms with Crippen molar-refractivity contribution in [2.75, 3.05) is 19.1 Å². The molecule has 3 nitrogen and oxygen atoms in total. The molecule has 0 aliphatic carbocycles. The third-order valence-electron chi connectivity index (χ3n) is 3.30. The summed E-state index contributed by atoms with van der Waals surface area (Å²) in [6, 6.07) is 16.2. The van der Waals surface area contributed by atoms with Crippen LogP contribution in [0, 0.1) is 11.3 Å². The maximum atomic E-state index is 9.32. The molecular formula is C17H17BrN2O. The van der Waals surface area contributed by atoms with Crippen LogP contribution in [0.15, 0.2) is 42.5 Å². The van der Waals surface area contributed by atoms with Gasteiger partial charge in [-0.1, -0.05) is 34.1 Å². The van der Waals surface area contributed by atoms with E-state index in [1.54, 1.807) is 7.11 Å². The first-order valence-corrected chi connectivity index (χ1v) is 7.73. The summed E-state index contributed by atoms with van der Waals surface area (Å²) in [6.07, 6.45) is 0. The number of halogens is 1. The van der Waals surface area contributed by atoms with Crippen LogP contribution >= 0.6 is 15.9 Å². The van der Waals surface area contributed by atoms with Crippen LogP contribution in [0.3, 0.4) is 0 Å². The quantitative estimate of drug-likeness (QED) is 0.766. The molecule has 0 aliphatic rings. The molecule has 108 valence electrons. The Morgan fingerprint density at radius 3 is 2.67 bits per heavy atom. The summed E-state index contributed by atoms with van der Waals surface area (Å²) in [5.41, 5.74) is 3.87. The average molecular weight is 345 g/mol. The molecule has 0 saturated heterocycles. The van der Waals surface area contributed by atoms with Crippen LogP contribution in [0.2, 0.25) is 0 Å². The second-order valence-electron chi connectivity index (χ2n) is 4.80. The van der Waals surface area contributed by atoms with Crippen molar-refractivity contribution in [3.05, 3.63) is 59.2 Å². The number of methoxy groups -OCH3 is 1. The number of hydrogen-bond acceptors (Lipinski definition) is 3. The van der Waals surface area contributed by atoms with Gasteiger partial charge in [-0.25, -0.2) is 0 Å². The van der Waals surface area contributed by atoms with Crippen LogP contribution in [0.25, 0.3) is 0 Å². The molecule has 0 aliphatic heterocycles. The minimum atomic E-state index is 0.692. The van der Waals surface area contributed by atoms with E-state index in [-0.39, 0.29) is 0 Å². The normalized spacial score (nSPS) is 10.0. The highest BCUT2D eigenvalue weighted by Crippen LogP contribution is 2.24. The molecule has 0 saturated carbocycles. The topological polar surface area (TPSA) is 36.3 Å². The van der Waals surface area contributed by atoms with Gasteiger partial charge in [0.25, 0.3) is 0 Å². The molecule has 0 bridgehead atoms. The van der Waals surface area contributed by atoms with Gasteiger partial charge in [-0.15, -0.1) is 0 Å². The molecule has 0 fully saturated rings. The minimum absolute atomic E-state index is 0.692. The van der Waals surface area contributed by atoms with Crippen LogP contribution in [0.1, 0.15) is 16.7 Å². The van der Waals surface area contributed by atoms with Crippen molar-refractivity contribution < 1.29 is 4.74 Å². The second-order valence-corrected chi connectivity index (χ2v) is 5.37. The molecule has 21 heavy (non-hydrogen) atoms. The van der Waals surface area contributed by atoms with Crippen molar-refractivity contribution in [2.24, 2.45) is 0 Å². The third-order valence-corrected chi connectivity index (χ3v) is 3.95. The Bertz CT molecular complexity index is 664. The summed E-state index contributed by atoms with van der Waals surface area (Å²) in [6.45, 7) is 0.722. The van der Waals surface area contributed by atoms with Gasteiger partial charge in [-0.05, 0) is 35.4 Å². The lowest BCUT2D eigenvalue weighted by atomic mass is 10.1. The van der Waals surface area contributed by atoms with Gasteiger partial charge in [0.2, 0.25) is 0 Å². The first-order valence-electron chi connectivity index (χ1n) is 6.61. The number of ether oxygens (including phenoxy) is 1. The second kappa shape index (κ2) is 7.14. The fraction of sp³-hybridized carbons (Fsp3) is 0.235. The van der Waals surface area contributed by atoms with E-state index in [9.17, 15) is 5.26 Å². The van der Waals surface area contributed by atoms with Crippen molar-refractivity contribution in [3.8, 4) is 11.8 Å². The third kappa shape index (κ3) is 3.77. The maximum absolute atomic E-state index is 9.32. The largest absolute Gasteiger partial charge is 0.497 e. The van der Waals surface area contributed by atoms with E-state index in [2.05, 4.69) is 33.0 Å². The summed E-state index contributed by atoms with van der Waals surface area (Å²) < 4.78 is 5.24. The van der Waals surface area contributed by atoms with Crippen molar-refractivity contribution in [2.45, 2.75) is 11.9 Å². The van der Waals surface area contributed by atoms with Crippen LogP contribution in [-0.4, -0.2) is 14.2 Å². The molecule has 0 atom stereocenters. The van der Waals surface area contributed by atoms with Gasteiger partial charge in [-0.2, -0.15) is 5.26 Å². The first-order chi connectivity index (χ1) is 10.2. The number of hydrogen-bond donors (Lipinski definition) is 0. The fourth-order valence-corrected chi connectivity index (χ4v) is 2.57. The Balaban J connectivity index is 2.23. The zero-order chi connectivity index (χ0) is 15.2. The van der Waals surface area contributed by atoms with Gasteiger partial charge >= 0.3 is 0 Å². The van der Waals surface area contributed by atoms with Crippen LogP contribution in [0.4, 0.5) is 5.69 Å². The molecule has 0 N–H and O–H groups in total. The van der Waals surface area contributed by atoms with E-state index in [0.717, 1.165) is 34.4 Å². The van der Waals surface area contributed by atoms with Gasteiger partial charge in [0.05, 0.1) is 18.4 Å². The lowest BCUT2D eigenvalue weighted by Gasteiger charge is -2.21. The van der Waals surface area contributed by atoms with Crippen molar-refractivity contribution in [1.82, 2.24) is 0 Å². The number of benzene rings is 2. The summed E-state index contributed by atoms with van der Waals surface area (Å²) >= 11 is 3.42. The summed E-state index contributed by atoms with van der Waals surface area (Å²) in [5, 5.41) is 10.1. The summed E-state index contributed by atoms with van der Waals surface area (Å²) in [7, 11) is 3.65. The van der Waals surface area contributed by atoms with E-state index in [0.29, 0.717) is 5.56 Å². The predicted molar refractivity (Wildman–Crippen MR) is 88.9 cm³/mol. The Morgan fingerprint density at radius 1 is 1.19 bits per heavy atom. The zero-order valence-corrected chi connectivity index (χ0v) is 13.7. The summed E-state index contributed by atoms with van der Waals surface area (Å²) in [5.74, 6) is 0.844. The lowest BCUT2D eigenvalue weighted by Crippen LogP contribution is -2.17. The molecule has 2 aromatic rings. The van der Waals surface area contributed by atoms with E-state index in [1.165, 1.54) is 0 Å². The van der Waals surface area contributed by atoms with E-state index < -0.39 is 0 Å². The van der Waals surface area contributed by atoms with Gasteiger partial charge in [0.15, 0.2) is 0 Å². The van der Waals surface area contributed by atoms with Gasteiger partial charge in [0, 0.05) is 18.9 Å². The van der Waals surface area contributed by atoms with Gasteiger partial charge in [-0.3, -0.25) is 0 Å². The van der Waals surface area contributed by atoms with Crippen molar-refractivity contribution in [3.63, 3.8) is 0 Å². The zero-order valence-electron chi connectivity index (χ0n) is 12.1. The molecule has 0 amide bonds. The number of anilines is 1. The first kappa shape index (κ1) is 15.4. The highest BCUT2D eigenvalue weighted by Gasteiger charge is 2.09.